The van der Waals surface area contributed by atoms with E-state index < -0.39 is 0 Å². The minimum atomic E-state index is -0.256. The second-order valence-corrected chi connectivity index (χ2v) is 7.87. The topological polar surface area (TPSA) is 23.6 Å². The zero-order valence-corrected chi connectivity index (χ0v) is 14.5. The number of hydrogen-bond donors (Lipinski definition) is 0. The summed E-state index contributed by atoms with van der Waals surface area (Å²) >= 11 is 0. The molecule has 1 aromatic rings. The predicted octanol–water partition coefficient (Wildman–Crippen LogP) is 3.83. The lowest BCUT2D eigenvalue weighted by Gasteiger charge is -2.42. The summed E-state index contributed by atoms with van der Waals surface area (Å²) in [6.45, 7) is 3.79. The van der Waals surface area contributed by atoms with Crippen LogP contribution in [0.5, 0.6) is 0 Å². The minimum Gasteiger partial charge on any atom is -0.310 e. The zero-order chi connectivity index (χ0) is 16.7. The summed E-state index contributed by atoms with van der Waals surface area (Å²) in [6.07, 6.45) is 7.74. The van der Waals surface area contributed by atoms with Gasteiger partial charge >= 0.3 is 0 Å². The molecule has 1 amide bonds. The molecular weight excluding hydrogens is 303 g/mol. The fourth-order valence-electron chi connectivity index (χ4n) is 5.39. The van der Waals surface area contributed by atoms with E-state index >= 15 is 0 Å². The minimum absolute atomic E-state index is 0.0555. The molecule has 3 aliphatic rings. The lowest BCUT2D eigenvalue weighted by atomic mass is 9.91. The summed E-state index contributed by atoms with van der Waals surface area (Å²) < 4.78 is 13.2. The third kappa shape index (κ3) is 2.97. The first-order valence-electron chi connectivity index (χ1n) is 9.41. The van der Waals surface area contributed by atoms with Crippen LogP contribution in [0, 0.1) is 17.7 Å². The molecule has 0 aromatic heterocycles. The van der Waals surface area contributed by atoms with Gasteiger partial charge in [0.15, 0.2) is 0 Å². The Morgan fingerprint density at radius 2 is 1.79 bits per heavy atom. The molecule has 2 saturated carbocycles. The molecule has 3 fully saturated rings. The van der Waals surface area contributed by atoms with Gasteiger partial charge in [-0.1, -0.05) is 6.42 Å². The molecule has 1 aliphatic heterocycles. The van der Waals surface area contributed by atoms with Gasteiger partial charge in [-0.15, -0.1) is 0 Å². The number of fused-ring (bicyclic) bond motifs is 2. The Kier molecular flexibility index (Phi) is 4.33. The van der Waals surface area contributed by atoms with Gasteiger partial charge in [0, 0.05) is 37.8 Å². The summed E-state index contributed by atoms with van der Waals surface area (Å²) in [5.41, 5.74) is 0.822. The largest absolute Gasteiger partial charge is 0.310 e. The van der Waals surface area contributed by atoms with E-state index in [2.05, 4.69) is 4.90 Å². The number of rotatable bonds is 3. The number of amides is 1. The van der Waals surface area contributed by atoms with Crippen molar-refractivity contribution < 1.29 is 9.18 Å². The van der Waals surface area contributed by atoms with Crippen molar-refractivity contribution in [2.75, 3.05) is 18.0 Å². The second-order valence-electron chi connectivity index (χ2n) is 7.87. The molecule has 4 rings (SSSR count). The number of piperidine rings is 1. The number of hydrogen-bond acceptors (Lipinski definition) is 2. The summed E-state index contributed by atoms with van der Waals surface area (Å²) in [5, 5.41) is 0. The SMILES string of the molecule is CC(=O)N(c1ccc(F)cc1)C1CCN(C2C[C@@H]3CC[C@@H]2C3)CC1. The van der Waals surface area contributed by atoms with E-state index in [0.29, 0.717) is 0 Å². The van der Waals surface area contributed by atoms with E-state index in [1.807, 2.05) is 4.90 Å². The van der Waals surface area contributed by atoms with Crippen molar-refractivity contribution >= 4 is 11.6 Å². The molecule has 4 heteroatoms. The first-order valence-corrected chi connectivity index (χ1v) is 9.41. The normalized spacial score (nSPS) is 30.7. The maximum Gasteiger partial charge on any atom is 0.224 e. The number of benzene rings is 1. The van der Waals surface area contributed by atoms with Crippen molar-refractivity contribution in [1.82, 2.24) is 4.90 Å². The van der Waals surface area contributed by atoms with E-state index in [-0.39, 0.29) is 17.8 Å². The van der Waals surface area contributed by atoms with Crippen LogP contribution in [0.1, 0.15) is 45.4 Å². The van der Waals surface area contributed by atoms with E-state index in [0.717, 1.165) is 49.5 Å². The molecule has 0 N–H and O–H groups in total. The molecule has 1 saturated heterocycles. The van der Waals surface area contributed by atoms with Crippen molar-refractivity contribution in [3.05, 3.63) is 30.1 Å². The van der Waals surface area contributed by atoms with Crippen molar-refractivity contribution in [2.24, 2.45) is 11.8 Å². The van der Waals surface area contributed by atoms with Gasteiger partial charge in [-0.25, -0.2) is 4.39 Å². The highest BCUT2D eigenvalue weighted by molar-refractivity contribution is 5.92. The number of nitrogens with zero attached hydrogens (tertiary/aromatic N) is 2. The molecule has 130 valence electrons. The Labute approximate surface area is 143 Å². The lowest BCUT2D eigenvalue weighted by Crippen LogP contribution is -2.50. The molecule has 1 unspecified atom stereocenters. The molecule has 3 atom stereocenters. The van der Waals surface area contributed by atoms with Gasteiger partial charge in [0.2, 0.25) is 5.91 Å². The summed E-state index contributed by atoms with van der Waals surface area (Å²) in [6, 6.07) is 7.35. The standard InChI is InChI=1S/C20H27FN2O/c1-14(24)23(18-6-4-17(21)5-7-18)19-8-10-22(11-9-19)20-13-15-2-3-16(20)12-15/h4-7,15-16,19-20H,2-3,8-13H2,1H3/t15-,16-,20?/m1/s1. The van der Waals surface area contributed by atoms with Crippen molar-refractivity contribution in [3.63, 3.8) is 0 Å². The molecule has 3 nitrogen and oxygen atoms in total. The first kappa shape index (κ1) is 16.1. The van der Waals surface area contributed by atoms with Gasteiger partial charge in [0.1, 0.15) is 5.82 Å². The van der Waals surface area contributed by atoms with Gasteiger partial charge in [-0.3, -0.25) is 9.69 Å². The van der Waals surface area contributed by atoms with Crippen molar-refractivity contribution in [2.45, 2.75) is 57.5 Å². The van der Waals surface area contributed by atoms with Crippen LogP contribution in [0.25, 0.3) is 0 Å². The number of likely N-dealkylation sites (tertiary alicyclic amines) is 1. The van der Waals surface area contributed by atoms with Crippen LogP contribution < -0.4 is 4.90 Å². The van der Waals surface area contributed by atoms with Gasteiger partial charge in [-0.2, -0.15) is 0 Å². The third-order valence-corrected chi connectivity index (χ3v) is 6.48. The van der Waals surface area contributed by atoms with Crippen molar-refractivity contribution in [3.8, 4) is 0 Å². The van der Waals surface area contributed by atoms with E-state index in [1.54, 1.807) is 19.1 Å². The highest BCUT2D eigenvalue weighted by Gasteiger charge is 2.43. The van der Waals surface area contributed by atoms with Gasteiger partial charge in [0.05, 0.1) is 0 Å². The Balaban J connectivity index is 1.41. The summed E-state index contributed by atoms with van der Waals surface area (Å²) in [5.74, 6) is 1.70. The Hall–Kier alpha value is -1.42. The number of halogens is 1. The van der Waals surface area contributed by atoms with E-state index in [1.165, 1.54) is 37.8 Å². The highest BCUT2D eigenvalue weighted by atomic mass is 19.1. The lowest BCUT2D eigenvalue weighted by molar-refractivity contribution is -0.117. The van der Waals surface area contributed by atoms with Crippen LogP contribution in [-0.4, -0.2) is 36.0 Å². The molecule has 2 bridgehead atoms. The molecule has 2 aliphatic carbocycles. The maximum absolute atomic E-state index is 13.2. The fourth-order valence-corrected chi connectivity index (χ4v) is 5.39. The summed E-state index contributed by atoms with van der Waals surface area (Å²) in [7, 11) is 0. The quantitative estimate of drug-likeness (QED) is 0.841. The fraction of sp³-hybridized carbons (Fsp3) is 0.650. The average Bonchev–Trinajstić information content (AvgIpc) is 3.20. The van der Waals surface area contributed by atoms with Crippen LogP contribution in [0.15, 0.2) is 24.3 Å². The monoisotopic (exact) mass is 330 g/mol. The highest BCUT2D eigenvalue weighted by Crippen LogP contribution is 2.47. The van der Waals surface area contributed by atoms with E-state index in [4.69, 9.17) is 0 Å². The predicted molar refractivity (Wildman–Crippen MR) is 93.4 cm³/mol. The molecule has 0 radical (unpaired) electrons. The number of carbonyl (C=O) groups excluding carboxylic acids is 1. The summed E-state index contributed by atoms with van der Waals surface area (Å²) in [4.78, 5) is 16.7. The van der Waals surface area contributed by atoms with Crippen LogP contribution in [-0.2, 0) is 4.79 Å². The maximum atomic E-state index is 13.2. The average molecular weight is 330 g/mol. The van der Waals surface area contributed by atoms with Gasteiger partial charge in [0.25, 0.3) is 0 Å². The van der Waals surface area contributed by atoms with Gasteiger partial charge in [-0.05, 0) is 68.2 Å². The van der Waals surface area contributed by atoms with Crippen LogP contribution >= 0.6 is 0 Å². The van der Waals surface area contributed by atoms with Gasteiger partial charge < -0.3 is 4.90 Å². The third-order valence-electron chi connectivity index (χ3n) is 6.48. The zero-order valence-electron chi connectivity index (χ0n) is 14.5. The molecule has 0 spiro atoms. The van der Waals surface area contributed by atoms with E-state index in [9.17, 15) is 9.18 Å². The Morgan fingerprint density at radius 3 is 2.33 bits per heavy atom. The first-order chi connectivity index (χ1) is 11.6. The number of carbonyl (C=O) groups is 1. The van der Waals surface area contributed by atoms with Crippen LogP contribution in [0.4, 0.5) is 10.1 Å². The number of anilines is 1. The van der Waals surface area contributed by atoms with Crippen LogP contribution in [0.3, 0.4) is 0 Å². The molecule has 1 heterocycles. The molecule has 24 heavy (non-hydrogen) atoms. The second kappa shape index (κ2) is 6.47. The smallest absolute Gasteiger partial charge is 0.224 e. The van der Waals surface area contributed by atoms with Crippen LogP contribution in [0.2, 0.25) is 0 Å². The molecule has 1 aromatic carbocycles. The Bertz CT molecular complexity index is 594. The van der Waals surface area contributed by atoms with Crippen molar-refractivity contribution in [1.29, 1.82) is 0 Å². The molecular formula is C20H27FN2O. The Morgan fingerprint density at radius 1 is 1.08 bits per heavy atom.